The normalized spacial score (nSPS) is 11.9. The second-order valence-electron chi connectivity index (χ2n) is 3.39. The minimum absolute atomic E-state index is 0.230. The first kappa shape index (κ1) is 13.7. The summed E-state index contributed by atoms with van der Waals surface area (Å²) < 4.78 is 5.25. The van der Waals surface area contributed by atoms with Crippen LogP contribution in [-0.4, -0.2) is 28.3 Å². The zero-order chi connectivity index (χ0) is 12.8. The molecule has 0 aliphatic heterocycles. The van der Waals surface area contributed by atoms with Crippen molar-refractivity contribution in [3.63, 3.8) is 0 Å². The van der Waals surface area contributed by atoms with Crippen LogP contribution in [0.4, 0.5) is 0 Å². The van der Waals surface area contributed by atoms with Gasteiger partial charge in [0.25, 0.3) is 0 Å². The van der Waals surface area contributed by atoms with Crippen LogP contribution in [0.5, 0.6) is 5.75 Å². The van der Waals surface area contributed by atoms with Crippen LogP contribution in [0.2, 0.25) is 0 Å². The Balaban J connectivity index is 2.72. The van der Waals surface area contributed by atoms with Crippen LogP contribution in [0, 0.1) is 0 Å². The molecule has 0 aliphatic carbocycles. The number of aliphatic carboxylic acids is 1. The Labute approximate surface area is 108 Å². The average molecular weight is 301 g/mol. The predicted octanol–water partition coefficient (Wildman–Crippen LogP) is 2.51. The summed E-state index contributed by atoms with van der Waals surface area (Å²) >= 11 is 3.07. The summed E-state index contributed by atoms with van der Waals surface area (Å²) in [7, 11) is 0. The fourth-order valence-corrected chi connectivity index (χ4v) is 1.85. The molecule has 0 spiro atoms. The van der Waals surface area contributed by atoms with E-state index < -0.39 is 10.8 Å². The Morgan fingerprint density at radius 2 is 1.94 bits per heavy atom. The van der Waals surface area contributed by atoms with Crippen molar-refractivity contribution >= 4 is 27.7 Å². The molecule has 0 fully saturated rings. The van der Waals surface area contributed by atoms with E-state index in [-0.39, 0.29) is 12.2 Å². The monoisotopic (exact) mass is 300 g/mol. The maximum absolute atomic E-state index is 11.8. The minimum Gasteiger partial charge on any atom is -0.494 e. The van der Waals surface area contributed by atoms with Gasteiger partial charge in [0.15, 0.2) is 5.78 Å². The maximum atomic E-state index is 11.8. The van der Waals surface area contributed by atoms with Gasteiger partial charge in [0.2, 0.25) is 0 Å². The summed E-state index contributed by atoms with van der Waals surface area (Å²) in [5.74, 6) is -0.560. The van der Waals surface area contributed by atoms with E-state index in [0.717, 1.165) is 0 Å². The first-order valence-electron chi connectivity index (χ1n) is 5.17. The zero-order valence-electron chi connectivity index (χ0n) is 9.35. The summed E-state index contributed by atoms with van der Waals surface area (Å²) in [6.45, 7) is 2.44. The average Bonchev–Trinajstić information content (AvgIpc) is 2.28. The van der Waals surface area contributed by atoms with E-state index in [1.807, 2.05) is 6.92 Å². The molecule has 1 aromatic rings. The molecule has 0 heterocycles. The SMILES string of the molecule is CCOc1ccc(C(=O)C(Br)CC(=O)O)cc1. The second kappa shape index (κ2) is 6.39. The number of carbonyl (C=O) groups excluding carboxylic acids is 1. The van der Waals surface area contributed by atoms with Gasteiger partial charge >= 0.3 is 5.97 Å². The molecule has 0 saturated carbocycles. The molecular formula is C12H13BrO4. The Morgan fingerprint density at radius 3 is 2.41 bits per heavy atom. The molecule has 0 aromatic heterocycles. The zero-order valence-corrected chi connectivity index (χ0v) is 10.9. The fraction of sp³-hybridized carbons (Fsp3) is 0.333. The van der Waals surface area contributed by atoms with Crippen LogP contribution in [0.15, 0.2) is 24.3 Å². The Bertz CT molecular complexity index is 399. The van der Waals surface area contributed by atoms with Gasteiger partial charge in [-0.15, -0.1) is 0 Å². The van der Waals surface area contributed by atoms with Gasteiger partial charge in [0.1, 0.15) is 5.75 Å². The van der Waals surface area contributed by atoms with Gasteiger partial charge in [-0.3, -0.25) is 9.59 Å². The largest absolute Gasteiger partial charge is 0.494 e. The van der Waals surface area contributed by atoms with E-state index in [1.54, 1.807) is 24.3 Å². The smallest absolute Gasteiger partial charge is 0.304 e. The van der Waals surface area contributed by atoms with Gasteiger partial charge < -0.3 is 9.84 Å². The molecular weight excluding hydrogens is 288 g/mol. The van der Waals surface area contributed by atoms with Gasteiger partial charge in [-0.25, -0.2) is 0 Å². The molecule has 0 amide bonds. The third kappa shape index (κ3) is 4.19. The van der Waals surface area contributed by atoms with Gasteiger partial charge in [-0.2, -0.15) is 0 Å². The van der Waals surface area contributed by atoms with E-state index in [1.165, 1.54) is 0 Å². The molecule has 4 nitrogen and oxygen atoms in total. The Kier molecular flexibility index (Phi) is 5.15. The van der Waals surface area contributed by atoms with E-state index in [9.17, 15) is 9.59 Å². The Hall–Kier alpha value is -1.36. The van der Waals surface area contributed by atoms with Crippen molar-refractivity contribution < 1.29 is 19.4 Å². The molecule has 0 saturated heterocycles. The van der Waals surface area contributed by atoms with Crippen molar-refractivity contribution in [2.45, 2.75) is 18.2 Å². The lowest BCUT2D eigenvalue weighted by Gasteiger charge is -2.07. The molecule has 1 N–H and O–H groups in total. The number of carboxylic acids is 1. The molecule has 17 heavy (non-hydrogen) atoms. The maximum Gasteiger partial charge on any atom is 0.304 e. The summed E-state index contributed by atoms with van der Waals surface area (Å²) in [6, 6.07) is 6.64. The molecule has 1 rings (SSSR count). The van der Waals surface area contributed by atoms with Gasteiger partial charge in [0.05, 0.1) is 17.9 Å². The number of carbonyl (C=O) groups is 2. The molecule has 1 aromatic carbocycles. The summed E-state index contributed by atoms with van der Waals surface area (Å²) in [5, 5.41) is 8.59. The minimum atomic E-state index is -1.01. The van der Waals surface area contributed by atoms with Gasteiger partial charge in [-0.05, 0) is 31.2 Å². The number of rotatable bonds is 6. The van der Waals surface area contributed by atoms with Crippen molar-refractivity contribution in [1.29, 1.82) is 0 Å². The number of hydrogen-bond acceptors (Lipinski definition) is 3. The molecule has 1 atom stereocenters. The highest BCUT2D eigenvalue weighted by molar-refractivity contribution is 9.10. The van der Waals surface area contributed by atoms with Crippen molar-refractivity contribution in [2.75, 3.05) is 6.61 Å². The molecule has 0 radical (unpaired) electrons. The number of alkyl halides is 1. The number of ketones is 1. The third-order valence-corrected chi connectivity index (χ3v) is 2.83. The highest BCUT2D eigenvalue weighted by Gasteiger charge is 2.19. The topological polar surface area (TPSA) is 63.6 Å². The number of carboxylic acid groups (broad SMARTS) is 1. The quantitative estimate of drug-likeness (QED) is 0.648. The second-order valence-corrected chi connectivity index (χ2v) is 4.49. The van der Waals surface area contributed by atoms with Crippen LogP contribution in [0.1, 0.15) is 23.7 Å². The summed E-state index contributed by atoms with van der Waals surface area (Å²) in [4.78, 5) is 21.6. The van der Waals surface area contributed by atoms with E-state index in [0.29, 0.717) is 17.9 Å². The van der Waals surface area contributed by atoms with Crippen LogP contribution >= 0.6 is 15.9 Å². The van der Waals surface area contributed by atoms with E-state index in [2.05, 4.69) is 15.9 Å². The highest BCUT2D eigenvalue weighted by atomic mass is 79.9. The first-order chi connectivity index (χ1) is 8.04. The van der Waals surface area contributed by atoms with Crippen LogP contribution in [0.25, 0.3) is 0 Å². The standard InChI is InChI=1S/C12H13BrO4/c1-2-17-9-5-3-8(4-6-9)12(16)10(13)7-11(14)15/h3-6,10H,2,7H2,1H3,(H,14,15). The number of hydrogen-bond donors (Lipinski definition) is 1. The molecule has 92 valence electrons. The third-order valence-electron chi connectivity index (χ3n) is 2.09. The van der Waals surface area contributed by atoms with Gasteiger partial charge in [-0.1, -0.05) is 15.9 Å². The number of benzene rings is 1. The molecule has 1 unspecified atom stereocenters. The van der Waals surface area contributed by atoms with E-state index >= 15 is 0 Å². The number of ether oxygens (including phenoxy) is 1. The van der Waals surface area contributed by atoms with Crippen molar-refractivity contribution in [1.82, 2.24) is 0 Å². The van der Waals surface area contributed by atoms with E-state index in [4.69, 9.17) is 9.84 Å². The number of halogens is 1. The predicted molar refractivity (Wildman–Crippen MR) is 66.9 cm³/mol. The fourth-order valence-electron chi connectivity index (χ4n) is 1.31. The highest BCUT2D eigenvalue weighted by Crippen LogP contribution is 2.17. The van der Waals surface area contributed by atoms with Crippen LogP contribution in [-0.2, 0) is 4.79 Å². The van der Waals surface area contributed by atoms with Crippen LogP contribution < -0.4 is 4.74 Å². The molecule has 0 bridgehead atoms. The number of Topliss-reactive ketones (excluding diaryl/α,β-unsaturated/α-hetero) is 1. The lowest BCUT2D eigenvalue weighted by molar-refractivity contribution is -0.136. The van der Waals surface area contributed by atoms with Crippen molar-refractivity contribution in [2.24, 2.45) is 0 Å². The lowest BCUT2D eigenvalue weighted by atomic mass is 10.1. The molecule has 0 aliphatic rings. The summed E-state index contributed by atoms with van der Waals surface area (Å²) in [6.07, 6.45) is -0.230. The van der Waals surface area contributed by atoms with Crippen molar-refractivity contribution in [3.8, 4) is 5.75 Å². The summed E-state index contributed by atoms with van der Waals surface area (Å²) in [5.41, 5.74) is 0.469. The Morgan fingerprint density at radius 1 is 1.35 bits per heavy atom. The van der Waals surface area contributed by atoms with Crippen LogP contribution in [0.3, 0.4) is 0 Å². The molecule has 5 heteroatoms. The lowest BCUT2D eigenvalue weighted by Crippen LogP contribution is -2.18. The van der Waals surface area contributed by atoms with Crippen molar-refractivity contribution in [3.05, 3.63) is 29.8 Å². The first-order valence-corrected chi connectivity index (χ1v) is 6.09. The van der Waals surface area contributed by atoms with Gasteiger partial charge in [0, 0.05) is 5.56 Å².